The van der Waals surface area contributed by atoms with Crippen molar-refractivity contribution in [3.05, 3.63) is 59.9 Å². The van der Waals surface area contributed by atoms with Crippen molar-refractivity contribution in [1.82, 2.24) is 9.62 Å². The molecule has 1 amide bonds. The maximum Gasteiger partial charge on any atom is 0.257 e. The largest absolute Gasteiger partial charge is 0.335 e. The van der Waals surface area contributed by atoms with E-state index in [1.54, 1.807) is 18.2 Å². The fraction of sp³-hybridized carbons (Fsp3) is 0.435. The highest BCUT2D eigenvalue weighted by molar-refractivity contribution is 7.88. The zero-order valence-corrected chi connectivity index (χ0v) is 18.3. The second kappa shape index (κ2) is 7.98. The molecule has 3 atom stereocenters. The molecule has 4 rings (SSSR count). The molecule has 0 bridgehead atoms. The van der Waals surface area contributed by atoms with Gasteiger partial charge in [0.25, 0.3) is 5.91 Å². The van der Waals surface area contributed by atoms with Gasteiger partial charge in [0.15, 0.2) is 6.17 Å². The Hall–Kier alpha value is -2.32. The van der Waals surface area contributed by atoms with Crippen molar-refractivity contribution in [1.29, 1.82) is 0 Å². The molecular formula is C23H26F2N2O3S. The number of hydrogen-bond donors (Lipinski definition) is 1. The lowest BCUT2D eigenvalue weighted by atomic mass is 9.91. The molecule has 5 nitrogen and oxygen atoms in total. The smallest absolute Gasteiger partial charge is 0.257 e. The molecule has 8 heteroatoms. The van der Waals surface area contributed by atoms with Gasteiger partial charge in [-0.2, -0.15) is 0 Å². The molecule has 0 radical (unpaired) electrons. The van der Waals surface area contributed by atoms with Crippen LogP contribution >= 0.6 is 0 Å². The van der Waals surface area contributed by atoms with Gasteiger partial charge in [-0.25, -0.2) is 21.9 Å². The van der Waals surface area contributed by atoms with E-state index in [0.717, 1.165) is 24.7 Å². The Morgan fingerprint density at radius 3 is 2.45 bits per heavy atom. The molecule has 1 saturated carbocycles. The number of amides is 1. The molecule has 0 aromatic heterocycles. The topological polar surface area (TPSA) is 66.5 Å². The maximum atomic E-state index is 15.5. The summed E-state index contributed by atoms with van der Waals surface area (Å²) in [5, 5.41) is 0. The maximum absolute atomic E-state index is 15.5. The van der Waals surface area contributed by atoms with E-state index in [0.29, 0.717) is 11.1 Å². The lowest BCUT2D eigenvalue weighted by Crippen LogP contribution is -2.50. The van der Waals surface area contributed by atoms with Gasteiger partial charge >= 0.3 is 0 Å². The fourth-order valence-corrected chi connectivity index (χ4v) is 5.58. The number of nitrogens with one attached hydrogen (secondary N) is 1. The van der Waals surface area contributed by atoms with Gasteiger partial charge < -0.3 is 4.90 Å². The molecule has 2 aromatic carbocycles. The summed E-state index contributed by atoms with van der Waals surface area (Å²) in [5.41, 5.74) is 1.12. The number of rotatable bonds is 6. The number of carbonyl (C=O) groups is 1. The minimum atomic E-state index is -3.57. The average Bonchev–Trinajstić information content (AvgIpc) is 3.44. The summed E-state index contributed by atoms with van der Waals surface area (Å²) >= 11 is 0. The van der Waals surface area contributed by atoms with E-state index in [9.17, 15) is 17.6 Å². The van der Waals surface area contributed by atoms with Crippen LogP contribution < -0.4 is 4.72 Å². The summed E-state index contributed by atoms with van der Waals surface area (Å²) in [5.74, 6) is -1.10. The molecule has 1 heterocycles. The lowest BCUT2D eigenvalue weighted by molar-refractivity contribution is -0.137. The molecular weight excluding hydrogens is 422 g/mol. The molecule has 31 heavy (non-hydrogen) atoms. The van der Waals surface area contributed by atoms with Crippen LogP contribution in [0.4, 0.5) is 8.78 Å². The summed E-state index contributed by atoms with van der Waals surface area (Å²) in [7, 11) is -3.57. The third-order valence-electron chi connectivity index (χ3n) is 6.38. The first-order chi connectivity index (χ1) is 14.6. The molecule has 2 aliphatic rings. The van der Waals surface area contributed by atoms with Crippen molar-refractivity contribution in [2.75, 3.05) is 12.8 Å². The Morgan fingerprint density at radius 2 is 1.87 bits per heavy atom. The van der Waals surface area contributed by atoms with E-state index in [2.05, 4.69) is 4.72 Å². The number of nitrogens with zero attached hydrogens (tertiary/aromatic N) is 1. The second-order valence-electron chi connectivity index (χ2n) is 8.73. The number of alkyl halides is 1. The van der Waals surface area contributed by atoms with Crippen LogP contribution in [0.15, 0.2) is 48.5 Å². The van der Waals surface area contributed by atoms with Crippen LogP contribution in [0.5, 0.6) is 0 Å². The van der Waals surface area contributed by atoms with Crippen molar-refractivity contribution >= 4 is 15.9 Å². The van der Waals surface area contributed by atoms with Crippen molar-refractivity contribution in [2.45, 2.75) is 44.4 Å². The number of carbonyl (C=O) groups excluding carboxylic acids is 1. The Morgan fingerprint density at radius 1 is 1.19 bits per heavy atom. The van der Waals surface area contributed by atoms with E-state index in [1.165, 1.54) is 11.8 Å². The van der Waals surface area contributed by atoms with Crippen LogP contribution in [0.25, 0.3) is 11.1 Å². The van der Waals surface area contributed by atoms with E-state index >= 15 is 4.39 Å². The number of hydrogen-bond acceptors (Lipinski definition) is 3. The van der Waals surface area contributed by atoms with Crippen LogP contribution in [0.3, 0.4) is 0 Å². The zero-order valence-electron chi connectivity index (χ0n) is 17.5. The molecule has 1 N–H and O–H groups in total. The van der Waals surface area contributed by atoms with Gasteiger partial charge in [0.2, 0.25) is 10.0 Å². The minimum absolute atomic E-state index is 0.0971. The Kier molecular flexibility index (Phi) is 5.64. The van der Waals surface area contributed by atoms with Crippen LogP contribution in [-0.2, 0) is 21.2 Å². The highest BCUT2D eigenvalue weighted by Gasteiger charge is 2.61. The second-order valence-corrected chi connectivity index (χ2v) is 10.5. The molecule has 2 fully saturated rings. The molecule has 1 spiro atoms. The lowest BCUT2D eigenvalue weighted by Gasteiger charge is -2.29. The first-order valence-electron chi connectivity index (χ1n) is 10.4. The molecule has 1 saturated heterocycles. The van der Waals surface area contributed by atoms with Gasteiger partial charge in [-0.1, -0.05) is 48.5 Å². The first-order valence-corrected chi connectivity index (χ1v) is 12.3. The van der Waals surface area contributed by atoms with Crippen molar-refractivity contribution in [3.63, 3.8) is 0 Å². The third-order valence-corrected chi connectivity index (χ3v) is 7.06. The summed E-state index contributed by atoms with van der Waals surface area (Å²) in [6.07, 6.45) is 0.941. The molecule has 166 valence electrons. The number of halogens is 2. The number of benzene rings is 2. The van der Waals surface area contributed by atoms with E-state index in [1.807, 2.05) is 30.3 Å². The Labute approximate surface area is 181 Å². The number of sulfonamides is 1. The van der Waals surface area contributed by atoms with Gasteiger partial charge in [-0.3, -0.25) is 4.79 Å². The van der Waals surface area contributed by atoms with Crippen molar-refractivity contribution < 1.29 is 22.0 Å². The minimum Gasteiger partial charge on any atom is -0.335 e. The van der Waals surface area contributed by atoms with E-state index < -0.39 is 45.4 Å². The average molecular weight is 449 g/mol. The predicted octanol–water partition coefficient (Wildman–Crippen LogP) is 3.30. The van der Waals surface area contributed by atoms with E-state index in [-0.39, 0.29) is 13.0 Å². The van der Waals surface area contributed by atoms with Crippen LogP contribution in [0.2, 0.25) is 0 Å². The fourth-order valence-electron chi connectivity index (χ4n) is 4.71. The van der Waals surface area contributed by atoms with Gasteiger partial charge in [-0.15, -0.1) is 0 Å². The van der Waals surface area contributed by atoms with Gasteiger partial charge in [0, 0.05) is 23.6 Å². The van der Waals surface area contributed by atoms with Crippen molar-refractivity contribution in [2.24, 2.45) is 5.41 Å². The van der Waals surface area contributed by atoms with Crippen LogP contribution in [-0.4, -0.2) is 50.3 Å². The Balaban J connectivity index is 1.72. The van der Waals surface area contributed by atoms with Gasteiger partial charge in [-0.05, 0) is 37.3 Å². The number of likely N-dealkylation sites (tertiary alicyclic amines) is 1. The molecule has 1 unspecified atom stereocenters. The standard InChI is InChI=1S/C23H26F2N2O3S/c1-15(24)22(28)27-14-23(11-12-23)21(26-31(2,29)30)19(27)13-17-9-6-10-18(20(17)25)16-7-4-3-5-8-16/h3-10,15,19,21,26H,11-14H2,1-2H3/t15?,19-,21+/m0/s1. The van der Waals surface area contributed by atoms with Crippen molar-refractivity contribution in [3.8, 4) is 11.1 Å². The highest BCUT2D eigenvalue weighted by Crippen LogP contribution is 2.55. The first kappa shape index (κ1) is 21.9. The Bertz CT molecular complexity index is 1090. The van der Waals surface area contributed by atoms with Gasteiger partial charge in [0.05, 0.1) is 12.3 Å². The quantitative estimate of drug-likeness (QED) is 0.738. The summed E-state index contributed by atoms with van der Waals surface area (Å²) in [6.45, 7) is 1.45. The monoisotopic (exact) mass is 448 g/mol. The summed E-state index contributed by atoms with van der Waals surface area (Å²) in [4.78, 5) is 14.0. The normalized spacial score (nSPS) is 23.2. The molecule has 1 aliphatic carbocycles. The van der Waals surface area contributed by atoms with Gasteiger partial charge in [0.1, 0.15) is 5.82 Å². The summed E-state index contributed by atoms with van der Waals surface area (Å²) in [6, 6.07) is 12.9. The summed E-state index contributed by atoms with van der Waals surface area (Å²) < 4.78 is 56.2. The van der Waals surface area contributed by atoms with Crippen LogP contribution in [0, 0.1) is 11.2 Å². The molecule has 2 aromatic rings. The SMILES string of the molecule is CC(F)C(=O)N1CC2(CC2)[C@H](NS(C)(=O)=O)[C@@H]1Cc1cccc(-c2ccccc2)c1F. The van der Waals surface area contributed by atoms with E-state index in [4.69, 9.17) is 0 Å². The third kappa shape index (κ3) is 4.36. The zero-order chi connectivity index (χ0) is 22.4. The predicted molar refractivity (Wildman–Crippen MR) is 115 cm³/mol. The highest BCUT2D eigenvalue weighted by atomic mass is 32.2. The van der Waals surface area contributed by atoms with Crippen LogP contribution in [0.1, 0.15) is 25.3 Å². The molecule has 1 aliphatic heterocycles.